The highest BCUT2D eigenvalue weighted by Gasteiger charge is 2.17. The number of hydrogen-bond acceptors (Lipinski definition) is 4. The molecule has 5 nitrogen and oxygen atoms in total. The molecule has 0 fully saturated rings. The number of carbonyl (C=O) groups excluding carboxylic acids is 1. The zero-order valence-corrected chi connectivity index (χ0v) is 10.1. The van der Waals surface area contributed by atoms with Crippen LogP contribution in [0.15, 0.2) is 18.3 Å². The van der Waals surface area contributed by atoms with E-state index < -0.39 is 5.91 Å². The van der Waals surface area contributed by atoms with Crippen LogP contribution in [-0.4, -0.2) is 23.5 Å². The normalized spacial score (nSPS) is 10.0. The van der Waals surface area contributed by atoms with Gasteiger partial charge in [-0.05, 0) is 26.0 Å². The zero-order valence-electron chi connectivity index (χ0n) is 10.1. The van der Waals surface area contributed by atoms with Crippen molar-refractivity contribution in [1.29, 1.82) is 5.26 Å². The van der Waals surface area contributed by atoms with Gasteiger partial charge in [-0.25, -0.2) is 4.98 Å². The summed E-state index contributed by atoms with van der Waals surface area (Å²) in [5.41, 5.74) is 5.70. The number of hydrogen-bond donors (Lipinski definition) is 1. The van der Waals surface area contributed by atoms with Crippen LogP contribution in [0.5, 0.6) is 0 Å². The maximum Gasteiger partial charge on any atom is 0.252 e. The van der Waals surface area contributed by atoms with Gasteiger partial charge in [-0.1, -0.05) is 0 Å². The summed E-state index contributed by atoms with van der Waals surface area (Å²) < 4.78 is 0. The first-order chi connectivity index (χ1) is 8.07. The average Bonchev–Trinajstić information content (AvgIpc) is 2.29. The van der Waals surface area contributed by atoms with E-state index in [0.717, 1.165) is 0 Å². The number of anilines is 1. The van der Waals surface area contributed by atoms with E-state index in [1.807, 2.05) is 18.7 Å². The molecule has 0 atom stereocenters. The quantitative estimate of drug-likeness (QED) is 0.829. The van der Waals surface area contributed by atoms with Crippen molar-refractivity contribution < 1.29 is 4.79 Å². The Hall–Kier alpha value is -2.09. The first-order valence-electron chi connectivity index (χ1n) is 5.46. The maximum absolute atomic E-state index is 11.3. The molecule has 0 spiro atoms. The molecular formula is C12H16N4O. The highest BCUT2D eigenvalue weighted by Crippen LogP contribution is 2.19. The fraction of sp³-hybridized carbons (Fsp3) is 0.417. The monoisotopic (exact) mass is 232 g/mol. The zero-order chi connectivity index (χ0) is 12.8. The Morgan fingerprint density at radius 3 is 2.88 bits per heavy atom. The number of rotatable bonds is 5. The summed E-state index contributed by atoms with van der Waals surface area (Å²) in [5.74, 6) is 0.0426. The molecule has 0 aromatic carbocycles. The minimum Gasteiger partial charge on any atom is -0.365 e. The Morgan fingerprint density at radius 2 is 2.35 bits per heavy atom. The van der Waals surface area contributed by atoms with E-state index in [9.17, 15) is 4.79 Å². The predicted octanol–water partition coefficient (Wildman–Crippen LogP) is 1.31. The predicted molar refractivity (Wildman–Crippen MR) is 65.5 cm³/mol. The second-order valence-electron chi connectivity index (χ2n) is 3.93. The summed E-state index contributed by atoms with van der Waals surface area (Å²) in [5, 5.41) is 8.63. The number of amides is 1. The molecule has 0 unspecified atom stereocenters. The first kappa shape index (κ1) is 13.0. The lowest BCUT2D eigenvalue weighted by molar-refractivity contribution is 0.100. The van der Waals surface area contributed by atoms with Crippen LogP contribution in [0.1, 0.15) is 30.6 Å². The Balaban J connectivity index is 3.10. The van der Waals surface area contributed by atoms with Crippen LogP contribution in [0.4, 0.5) is 5.82 Å². The Kier molecular flexibility index (Phi) is 4.46. The summed E-state index contributed by atoms with van der Waals surface area (Å²) >= 11 is 0. The lowest BCUT2D eigenvalue weighted by Crippen LogP contribution is -2.34. The molecule has 1 amide bonds. The molecule has 0 aliphatic carbocycles. The van der Waals surface area contributed by atoms with Crippen LogP contribution in [-0.2, 0) is 0 Å². The van der Waals surface area contributed by atoms with E-state index in [1.165, 1.54) is 0 Å². The first-order valence-corrected chi connectivity index (χ1v) is 5.46. The molecule has 5 heteroatoms. The third-order valence-corrected chi connectivity index (χ3v) is 2.41. The van der Waals surface area contributed by atoms with E-state index in [-0.39, 0.29) is 6.04 Å². The number of carbonyl (C=O) groups is 1. The molecule has 1 aromatic rings. The van der Waals surface area contributed by atoms with Crippen molar-refractivity contribution in [3.05, 3.63) is 23.9 Å². The van der Waals surface area contributed by atoms with Gasteiger partial charge >= 0.3 is 0 Å². The molecule has 0 radical (unpaired) electrons. The second-order valence-corrected chi connectivity index (χ2v) is 3.93. The highest BCUT2D eigenvalue weighted by atomic mass is 16.1. The van der Waals surface area contributed by atoms with Gasteiger partial charge in [-0.3, -0.25) is 4.79 Å². The third-order valence-electron chi connectivity index (χ3n) is 2.41. The van der Waals surface area contributed by atoms with Crippen molar-refractivity contribution in [3.63, 3.8) is 0 Å². The van der Waals surface area contributed by atoms with Gasteiger partial charge in [0.2, 0.25) is 0 Å². The van der Waals surface area contributed by atoms with E-state index in [1.54, 1.807) is 18.3 Å². The van der Waals surface area contributed by atoms with Crippen molar-refractivity contribution in [2.45, 2.75) is 26.3 Å². The Labute approximate surface area is 101 Å². The molecule has 2 N–H and O–H groups in total. The standard InChI is InChI=1S/C12H16N4O/c1-9(2)16(8-4-6-13)12-10(11(14)17)5-3-7-15-12/h3,5,7,9H,4,8H2,1-2H3,(H2,14,17). The van der Waals surface area contributed by atoms with Gasteiger partial charge < -0.3 is 10.6 Å². The van der Waals surface area contributed by atoms with Crippen LogP contribution in [0.2, 0.25) is 0 Å². The van der Waals surface area contributed by atoms with Crippen molar-refractivity contribution in [3.8, 4) is 6.07 Å². The van der Waals surface area contributed by atoms with Crippen molar-refractivity contribution in [2.24, 2.45) is 5.73 Å². The maximum atomic E-state index is 11.3. The lowest BCUT2D eigenvalue weighted by atomic mass is 10.2. The smallest absolute Gasteiger partial charge is 0.252 e. The molecule has 17 heavy (non-hydrogen) atoms. The van der Waals surface area contributed by atoms with Crippen molar-refractivity contribution >= 4 is 11.7 Å². The fourth-order valence-electron chi connectivity index (χ4n) is 1.60. The van der Waals surface area contributed by atoms with Gasteiger partial charge in [0, 0.05) is 18.8 Å². The Morgan fingerprint density at radius 1 is 1.65 bits per heavy atom. The third kappa shape index (κ3) is 3.18. The number of nitrogens with zero attached hydrogens (tertiary/aromatic N) is 3. The molecule has 1 heterocycles. The lowest BCUT2D eigenvalue weighted by Gasteiger charge is -2.28. The summed E-state index contributed by atoms with van der Waals surface area (Å²) in [6, 6.07) is 5.55. The molecule has 0 saturated carbocycles. The number of primary amides is 1. The summed E-state index contributed by atoms with van der Waals surface area (Å²) in [4.78, 5) is 17.4. The molecule has 0 aliphatic heterocycles. The molecule has 1 aromatic heterocycles. The van der Waals surface area contributed by atoms with Crippen LogP contribution in [0.25, 0.3) is 0 Å². The summed E-state index contributed by atoms with van der Waals surface area (Å²) in [6.45, 7) is 4.50. The van der Waals surface area contributed by atoms with Gasteiger partial charge in [0.15, 0.2) is 0 Å². The van der Waals surface area contributed by atoms with Crippen LogP contribution in [0.3, 0.4) is 0 Å². The minimum absolute atomic E-state index is 0.149. The molecule has 0 bridgehead atoms. The topological polar surface area (TPSA) is 83.0 Å². The average molecular weight is 232 g/mol. The second kappa shape index (κ2) is 5.85. The fourth-order valence-corrected chi connectivity index (χ4v) is 1.60. The number of nitrogens with two attached hydrogens (primary N) is 1. The largest absolute Gasteiger partial charge is 0.365 e. The van der Waals surface area contributed by atoms with Crippen LogP contribution in [0, 0.1) is 11.3 Å². The van der Waals surface area contributed by atoms with Crippen molar-refractivity contribution in [1.82, 2.24) is 4.98 Å². The number of pyridine rings is 1. The Bertz CT molecular complexity index is 436. The number of nitriles is 1. The molecule has 1 rings (SSSR count). The SMILES string of the molecule is CC(C)N(CCC#N)c1ncccc1C(N)=O. The minimum atomic E-state index is -0.504. The van der Waals surface area contributed by atoms with E-state index >= 15 is 0 Å². The molecule has 90 valence electrons. The van der Waals surface area contributed by atoms with Crippen molar-refractivity contribution in [2.75, 3.05) is 11.4 Å². The van der Waals surface area contributed by atoms with E-state index in [2.05, 4.69) is 11.1 Å². The summed E-state index contributed by atoms with van der Waals surface area (Å²) in [6.07, 6.45) is 2.00. The van der Waals surface area contributed by atoms with Crippen LogP contribution >= 0.6 is 0 Å². The van der Waals surface area contributed by atoms with E-state index in [4.69, 9.17) is 11.0 Å². The van der Waals surface area contributed by atoms with Gasteiger partial charge in [-0.15, -0.1) is 0 Å². The highest BCUT2D eigenvalue weighted by molar-refractivity contribution is 5.97. The molecule has 0 saturated heterocycles. The molecule has 0 aliphatic rings. The summed E-state index contributed by atoms with van der Waals surface area (Å²) in [7, 11) is 0. The van der Waals surface area contributed by atoms with E-state index in [0.29, 0.717) is 24.3 Å². The van der Waals surface area contributed by atoms with Crippen LogP contribution < -0.4 is 10.6 Å². The van der Waals surface area contributed by atoms with Gasteiger partial charge in [-0.2, -0.15) is 5.26 Å². The van der Waals surface area contributed by atoms with Gasteiger partial charge in [0.25, 0.3) is 5.91 Å². The van der Waals surface area contributed by atoms with Gasteiger partial charge in [0.1, 0.15) is 5.82 Å². The number of aromatic nitrogens is 1. The molecular weight excluding hydrogens is 216 g/mol. The van der Waals surface area contributed by atoms with Gasteiger partial charge in [0.05, 0.1) is 18.1 Å².